The molecule has 8 nitrogen and oxygen atoms in total. The van der Waals surface area contributed by atoms with Crippen molar-refractivity contribution in [2.45, 2.75) is 13.5 Å². The molecule has 0 unspecified atom stereocenters. The lowest BCUT2D eigenvalue weighted by molar-refractivity contribution is 0.145. The number of ether oxygens (including phenoxy) is 1. The fourth-order valence-corrected chi connectivity index (χ4v) is 3.17. The molecule has 0 radical (unpaired) electrons. The number of nitrogen functional groups attached to an aromatic ring is 1. The average molecular weight is 387 g/mol. The van der Waals surface area contributed by atoms with Crippen LogP contribution in [0.1, 0.15) is 12.6 Å². The van der Waals surface area contributed by atoms with E-state index < -0.39 is 0 Å². The van der Waals surface area contributed by atoms with Crippen LogP contribution >= 0.6 is 0 Å². The number of benzene rings is 1. The van der Waals surface area contributed by atoms with Crippen LogP contribution in [0, 0.1) is 0 Å². The van der Waals surface area contributed by atoms with E-state index in [2.05, 4.69) is 27.1 Å². The predicted octanol–water partition coefficient (Wildman–Crippen LogP) is 1.28. The van der Waals surface area contributed by atoms with Crippen LogP contribution in [0.3, 0.4) is 0 Å². The molecule has 1 saturated heterocycles. The second-order valence-electron chi connectivity index (χ2n) is 6.96. The molecule has 2 heterocycles. The maximum atomic E-state index is 9.25. The summed E-state index contributed by atoms with van der Waals surface area (Å²) in [5, 5.41) is 12.4. The Balaban J connectivity index is 1.97. The molecule has 1 aliphatic heterocycles. The number of hydrogen-bond acceptors (Lipinski definition) is 8. The van der Waals surface area contributed by atoms with Gasteiger partial charge in [0.25, 0.3) is 0 Å². The molecule has 3 rings (SSSR count). The predicted molar refractivity (Wildman–Crippen MR) is 111 cm³/mol. The Morgan fingerprint density at radius 1 is 1.14 bits per heavy atom. The van der Waals surface area contributed by atoms with Gasteiger partial charge in [0.2, 0.25) is 0 Å². The fourth-order valence-electron chi connectivity index (χ4n) is 3.17. The Hall–Kier alpha value is -2.42. The third-order valence-electron chi connectivity index (χ3n) is 4.77. The molecule has 0 spiro atoms. The van der Waals surface area contributed by atoms with Crippen LogP contribution in [0.2, 0.25) is 0 Å². The van der Waals surface area contributed by atoms with Gasteiger partial charge in [-0.25, -0.2) is 9.97 Å². The zero-order valence-electron chi connectivity index (χ0n) is 16.7. The van der Waals surface area contributed by atoms with E-state index in [4.69, 9.17) is 15.5 Å². The van der Waals surface area contributed by atoms with Crippen molar-refractivity contribution in [3.8, 4) is 17.1 Å². The number of hydrogen-bond donors (Lipinski definition) is 3. The first kappa shape index (κ1) is 20.3. The standard InChI is InChI=1S/C20H30N6O2/c1-3-28-18-17(14-26-11-9-25(2)10-12-26)23-19(24-20(18)22-8-13-27)15-4-6-16(21)7-5-15/h4-7,27H,3,8-14,21H2,1-2H3,(H,22,23,24). The van der Waals surface area contributed by atoms with Crippen LogP contribution in [0.15, 0.2) is 24.3 Å². The highest BCUT2D eigenvalue weighted by Crippen LogP contribution is 2.31. The van der Waals surface area contributed by atoms with E-state index in [0.29, 0.717) is 42.8 Å². The molecule has 0 atom stereocenters. The van der Waals surface area contributed by atoms with E-state index in [1.807, 2.05) is 31.2 Å². The van der Waals surface area contributed by atoms with E-state index in [1.165, 1.54) is 0 Å². The molecule has 0 saturated carbocycles. The summed E-state index contributed by atoms with van der Waals surface area (Å²) >= 11 is 0. The summed E-state index contributed by atoms with van der Waals surface area (Å²) in [6.07, 6.45) is 0. The van der Waals surface area contributed by atoms with Crippen LogP contribution in [-0.4, -0.2) is 77.9 Å². The van der Waals surface area contributed by atoms with Crippen LogP contribution in [0.5, 0.6) is 5.75 Å². The SMILES string of the molecule is CCOc1c(CN2CCN(C)CC2)nc(-c2ccc(N)cc2)nc1NCCO. The van der Waals surface area contributed by atoms with E-state index in [-0.39, 0.29) is 6.61 Å². The minimum Gasteiger partial charge on any atom is -0.488 e. The number of nitrogens with one attached hydrogen (secondary N) is 1. The Bertz CT molecular complexity index is 760. The maximum Gasteiger partial charge on any atom is 0.184 e. The molecule has 28 heavy (non-hydrogen) atoms. The Morgan fingerprint density at radius 2 is 1.86 bits per heavy atom. The molecule has 0 bridgehead atoms. The van der Waals surface area contributed by atoms with Gasteiger partial charge in [0, 0.05) is 50.5 Å². The largest absolute Gasteiger partial charge is 0.488 e. The van der Waals surface area contributed by atoms with Crippen molar-refractivity contribution in [3.63, 3.8) is 0 Å². The second kappa shape index (κ2) is 9.68. The van der Waals surface area contributed by atoms with E-state index >= 15 is 0 Å². The van der Waals surface area contributed by atoms with Crippen molar-refractivity contribution in [3.05, 3.63) is 30.0 Å². The third-order valence-corrected chi connectivity index (χ3v) is 4.77. The lowest BCUT2D eigenvalue weighted by atomic mass is 10.2. The number of nitrogens with two attached hydrogens (primary N) is 1. The molecule has 1 aromatic carbocycles. The number of likely N-dealkylation sites (N-methyl/N-ethyl adjacent to an activating group) is 1. The van der Waals surface area contributed by atoms with Gasteiger partial charge in [-0.15, -0.1) is 0 Å². The van der Waals surface area contributed by atoms with Crippen molar-refractivity contribution in [2.24, 2.45) is 0 Å². The highest BCUT2D eigenvalue weighted by atomic mass is 16.5. The summed E-state index contributed by atoms with van der Waals surface area (Å²) in [5.41, 5.74) is 8.27. The summed E-state index contributed by atoms with van der Waals surface area (Å²) in [7, 11) is 2.14. The average Bonchev–Trinajstić information content (AvgIpc) is 2.70. The monoisotopic (exact) mass is 386 g/mol. The van der Waals surface area contributed by atoms with Gasteiger partial charge in [-0.2, -0.15) is 0 Å². The fraction of sp³-hybridized carbons (Fsp3) is 0.500. The first-order chi connectivity index (χ1) is 13.6. The van der Waals surface area contributed by atoms with Crippen molar-refractivity contribution in [1.29, 1.82) is 0 Å². The van der Waals surface area contributed by atoms with Gasteiger partial charge in [-0.3, -0.25) is 4.90 Å². The van der Waals surface area contributed by atoms with Gasteiger partial charge in [0.05, 0.1) is 13.2 Å². The van der Waals surface area contributed by atoms with Crippen molar-refractivity contribution in [1.82, 2.24) is 19.8 Å². The maximum absolute atomic E-state index is 9.25. The first-order valence-corrected chi connectivity index (χ1v) is 9.76. The lowest BCUT2D eigenvalue weighted by Gasteiger charge is -2.32. The molecule has 1 fully saturated rings. The first-order valence-electron chi connectivity index (χ1n) is 9.76. The van der Waals surface area contributed by atoms with Gasteiger partial charge in [0.1, 0.15) is 5.69 Å². The smallest absolute Gasteiger partial charge is 0.184 e. The molecule has 152 valence electrons. The van der Waals surface area contributed by atoms with Crippen LogP contribution in [0.25, 0.3) is 11.4 Å². The van der Waals surface area contributed by atoms with Crippen molar-refractivity contribution in [2.75, 3.05) is 64.0 Å². The molecule has 4 N–H and O–H groups in total. The molecular weight excluding hydrogens is 356 g/mol. The number of rotatable bonds is 8. The van der Waals surface area contributed by atoms with Crippen LogP contribution in [0.4, 0.5) is 11.5 Å². The van der Waals surface area contributed by atoms with Gasteiger partial charge in [-0.1, -0.05) is 0 Å². The third kappa shape index (κ3) is 5.09. The van der Waals surface area contributed by atoms with E-state index in [1.54, 1.807) is 0 Å². The molecule has 0 amide bonds. The summed E-state index contributed by atoms with van der Waals surface area (Å²) < 4.78 is 5.91. The second-order valence-corrected chi connectivity index (χ2v) is 6.96. The summed E-state index contributed by atoms with van der Waals surface area (Å²) in [6.45, 7) is 7.63. The number of anilines is 2. The van der Waals surface area contributed by atoms with Crippen LogP contribution in [-0.2, 0) is 6.54 Å². The van der Waals surface area contributed by atoms with Gasteiger partial charge in [-0.05, 0) is 38.2 Å². The summed E-state index contributed by atoms with van der Waals surface area (Å²) in [4.78, 5) is 14.2. The number of aromatic nitrogens is 2. The Morgan fingerprint density at radius 3 is 2.50 bits per heavy atom. The zero-order chi connectivity index (χ0) is 19.9. The van der Waals surface area contributed by atoms with Crippen molar-refractivity contribution < 1.29 is 9.84 Å². The summed E-state index contributed by atoms with van der Waals surface area (Å²) in [6, 6.07) is 7.52. The van der Waals surface area contributed by atoms with Gasteiger partial charge < -0.3 is 25.8 Å². The number of piperazine rings is 1. The number of aliphatic hydroxyl groups excluding tert-OH is 1. The van der Waals surface area contributed by atoms with Crippen molar-refractivity contribution >= 4 is 11.5 Å². The topological polar surface area (TPSA) is 99.8 Å². The zero-order valence-corrected chi connectivity index (χ0v) is 16.7. The van der Waals surface area contributed by atoms with E-state index in [0.717, 1.165) is 37.4 Å². The minimum absolute atomic E-state index is 0.0144. The highest BCUT2D eigenvalue weighted by molar-refractivity contribution is 5.64. The van der Waals surface area contributed by atoms with Crippen LogP contribution < -0.4 is 15.8 Å². The minimum atomic E-state index is 0.0144. The molecule has 1 aromatic heterocycles. The van der Waals surface area contributed by atoms with Gasteiger partial charge in [0.15, 0.2) is 17.4 Å². The quantitative estimate of drug-likeness (QED) is 0.584. The number of aliphatic hydroxyl groups is 1. The molecule has 8 heteroatoms. The summed E-state index contributed by atoms with van der Waals surface area (Å²) in [5.74, 6) is 1.89. The number of nitrogens with zero attached hydrogens (tertiary/aromatic N) is 4. The molecule has 2 aromatic rings. The van der Waals surface area contributed by atoms with Gasteiger partial charge >= 0.3 is 0 Å². The molecule has 1 aliphatic rings. The normalized spacial score (nSPS) is 15.5. The Labute approximate surface area is 166 Å². The molecular formula is C20H30N6O2. The molecule has 0 aliphatic carbocycles. The lowest BCUT2D eigenvalue weighted by Crippen LogP contribution is -2.44. The highest BCUT2D eigenvalue weighted by Gasteiger charge is 2.21. The Kier molecular flexibility index (Phi) is 7.02. The van der Waals surface area contributed by atoms with E-state index in [9.17, 15) is 5.11 Å².